The van der Waals surface area contributed by atoms with Gasteiger partial charge < -0.3 is 19.9 Å². The average molecular weight is 588 g/mol. The van der Waals surface area contributed by atoms with E-state index in [1.165, 1.54) is 23.7 Å². The summed E-state index contributed by atoms with van der Waals surface area (Å²) in [5, 5.41) is 24.6. The second kappa shape index (κ2) is 15.6. The van der Waals surface area contributed by atoms with Crippen molar-refractivity contribution in [2.24, 2.45) is 5.92 Å². The quantitative estimate of drug-likeness (QED) is 0.155. The Morgan fingerprint density at radius 1 is 1.17 bits per heavy atom. The van der Waals surface area contributed by atoms with Crippen molar-refractivity contribution in [1.82, 2.24) is 25.5 Å². The normalized spacial score (nSPS) is 12.3. The molecule has 11 nitrogen and oxygen atoms in total. The minimum atomic E-state index is -1.46. The molecule has 0 radical (unpaired) electrons. The summed E-state index contributed by atoms with van der Waals surface area (Å²) in [6.07, 6.45) is 1.72. The van der Waals surface area contributed by atoms with Crippen LogP contribution in [0.1, 0.15) is 42.4 Å². The van der Waals surface area contributed by atoms with Crippen LogP contribution in [0.3, 0.4) is 0 Å². The number of amides is 1. The number of tetrazole rings is 1. The van der Waals surface area contributed by atoms with Crippen LogP contribution in [0.5, 0.6) is 0 Å². The summed E-state index contributed by atoms with van der Waals surface area (Å²) >= 11 is 6.02. The van der Waals surface area contributed by atoms with Crippen LogP contribution in [0.25, 0.3) is 11.1 Å². The first kappa shape index (κ1) is 31.4. The largest absolute Gasteiger partial charge is 0.428 e. The Hall–Kier alpha value is -4.16. The third-order valence-corrected chi connectivity index (χ3v) is 6.44. The minimum absolute atomic E-state index is 0.0340. The third kappa shape index (κ3) is 9.76. The van der Waals surface area contributed by atoms with Crippen molar-refractivity contribution < 1.29 is 33.4 Å². The Kier molecular flexibility index (Phi) is 11.9. The zero-order valence-corrected chi connectivity index (χ0v) is 23.2. The van der Waals surface area contributed by atoms with Gasteiger partial charge in [0.2, 0.25) is 12.6 Å². The molecule has 1 heterocycles. The fourth-order valence-electron chi connectivity index (χ4n) is 4.08. The Bertz CT molecular complexity index is 1350. The van der Waals surface area contributed by atoms with Crippen molar-refractivity contribution in [2.45, 2.75) is 45.3 Å². The van der Waals surface area contributed by atoms with Gasteiger partial charge in [0.1, 0.15) is 5.82 Å². The van der Waals surface area contributed by atoms with Crippen molar-refractivity contribution in [3.8, 4) is 11.1 Å². The van der Waals surface area contributed by atoms with Crippen molar-refractivity contribution in [3.63, 3.8) is 0 Å². The topological polar surface area (TPSA) is 146 Å². The molecule has 0 spiro atoms. The van der Waals surface area contributed by atoms with Gasteiger partial charge >= 0.3 is 11.9 Å². The number of esters is 2. The number of aryl methyl sites for hydroxylation is 1. The van der Waals surface area contributed by atoms with E-state index in [4.69, 9.17) is 16.3 Å². The van der Waals surface area contributed by atoms with Crippen LogP contribution in [0.15, 0.2) is 55.1 Å². The Balaban J connectivity index is 1.62. The van der Waals surface area contributed by atoms with Crippen LogP contribution < -0.4 is 5.32 Å². The maximum atomic E-state index is 14.2. The number of aliphatic hydroxyl groups is 1. The number of nitrogens with zero attached hydrogens (tertiary/aromatic N) is 4. The summed E-state index contributed by atoms with van der Waals surface area (Å²) in [5.74, 6) is -2.56. The van der Waals surface area contributed by atoms with Gasteiger partial charge in [0.25, 0.3) is 5.91 Å². The Labute approximate surface area is 241 Å². The van der Waals surface area contributed by atoms with Gasteiger partial charge in [-0.15, -0.1) is 11.7 Å². The summed E-state index contributed by atoms with van der Waals surface area (Å²) in [6.45, 7) is 4.68. The molecule has 0 saturated carbocycles. The van der Waals surface area contributed by atoms with E-state index in [0.717, 1.165) is 5.56 Å². The predicted octanol–water partition coefficient (Wildman–Crippen LogP) is 3.50. The smallest absolute Gasteiger partial charge is 0.337 e. The van der Waals surface area contributed by atoms with Crippen LogP contribution in [0, 0.1) is 11.7 Å². The molecule has 13 heteroatoms. The monoisotopic (exact) mass is 587 g/mol. The lowest BCUT2D eigenvalue weighted by Crippen LogP contribution is -2.31. The van der Waals surface area contributed by atoms with E-state index in [9.17, 15) is 23.9 Å². The zero-order valence-electron chi connectivity index (χ0n) is 22.5. The van der Waals surface area contributed by atoms with Crippen molar-refractivity contribution in [1.29, 1.82) is 0 Å². The fourth-order valence-corrected chi connectivity index (χ4v) is 4.25. The molecular weight excluding hydrogens is 557 g/mol. The number of allylic oxidation sites excluding steroid dienone is 1. The molecule has 2 N–H and O–H groups in total. The molecule has 0 saturated heterocycles. The van der Waals surface area contributed by atoms with Crippen molar-refractivity contribution in [2.75, 3.05) is 13.3 Å². The molecule has 3 aromatic rings. The molecular formula is C28H31ClFN5O6. The number of carbonyl (C=O) groups is 3. The summed E-state index contributed by atoms with van der Waals surface area (Å²) < 4.78 is 24.9. The predicted molar refractivity (Wildman–Crippen MR) is 147 cm³/mol. The molecule has 218 valence electrons. The second-order valence-corrected chi connectivity index (χ2v) is 9.65. The average Bonchev–Trinajstić information content (AvgIpc) is 3.41. The maximum absolute atomic E-state index is 14.2. The molecule has 0 aliphatic heterocycles. The Morgan fingerprint density at radius 2 is 1.93 bits per heavy atom. The van der Waals surface area contributed by atoms with Crippen molar-refractivity contribution >= 4 is 29.4 Å². The molecule has 0 bridgehead atoms. The first-order valence-electron chi connectivity index (χ1n) is 12.9. The van der Waals surface area contributed by atoms with Gasteiger partial charge in [0.15, 0.2) is 6.10 Å². The van der Waals surface area contributed by atoms with E-state index < -0.39 is 30.7 Å². The molecule has 1 unspecified atom stereocenters. The first-order valence-corrected chi connectivity index (χ1v) is 13.2. The zero-order chi connectivity index (χ0) is 29.8. The highest BCUT2D eigenvalue weighted by molar-refractivity contribution is 6.30. The number of aromatic nitrogens is 4. The third-order valence-electron chi connectivity index (χ3n) is 6.20. The molecule has 2 aromatic carbocycles. The number of rotatable bonds is 15. The van der Waals surface area contributed by atoms with E-state index in [-0.39, 0.29) is 37.1 Å². The van der Waals surface area contributed by atoms with E-state index in [1.54, 1.807) is 24.3 Å². The molecule has 3 rings (SSSR count). The number of ether oxygens (including phenoxy) is 2. The number of aliphatic hydroxyl groups excluding tert-OH is 1. The van der Waals surface area contributed by atoms with Gasteiger partial charge in [0.05, 0.1) is 6.54 Å². The fraction of sp³-hybridized carbons (Fsp3) is 0.357. The highest BCUT2D eigenvalue weighted by atomic mass is 35.5. The lowest BCUT2D eigenvalue weighted by atomic mass is 9.90. The lowest BCUT2D eigenvalue weighted by Gasteiger charge is -2.20. The number of carbonyl (C=O) groups excluding carboxylic acids is 3. The second-order valence-electron chi connectivity index (χ2n) is 9.21. The molecule has 0 aliphatic carbocycles. The van der Waals surface area contributed by atoms with Crippen LogP contribution in [-0.4, -0.2) is 62.6 Å². The summed E-state index contributed by atoms with van der Waals surface area (Å²) in [7, 11) is 0. The molecule has 1 amide bonds. The number of hydrogen-bond acceptors (Lipinski definition) is 9. The molecule has 41 heavy (non-hydrogen) atoms. The lowest BCUT2D eigenvalue weighted by molar-refractivity contribution is -0.172. The van der Waals surface area contributed by atoms with Crippen LogP contribution in [-0.2, 0) is 32.0 Å². The van der Waals surface area contributed by atoms with Gasteiger partial charge in [-0.3, -0.25) is 9.59 Å². The molecule has 0 fully saturated rings. The van der Waals surface area contributed by atoms with Gasteiger partial charge in [-0.05, 0) is 71.4 Å². The summed E-state index contributed by atoms with van der Waals surface area (Å²) in [6, 6.07) is 11.7. The van der Waals surface area contributed by atoms with E-state index >= 15 is 0 Å². The van der Waals surface area contributed by atoms with E-state index in [1.807, 2.05) is 12.1 Å². The molecule has 0 aliphatic rings. The van der Waals surface area contributed by atoms with Crippen LogP contribution in [0.4, 0.5) is 4.39 Å². The minimum Gasteiger partial charge on any atom is -0.428 e. The highest BCUT2D eigenvalue weighted by Gasteiger charge is 2.23. The highest BCUT2D eigenvalue weighted by Crippen LogP contribution is 2.27. The van der Waals surface area contributed by atoms with Gasteiger partial charge in [0, 0.05) is 24.1 Å². The first-order chi connectivity index (χ1) is 19.7. The van der Waals surface area contributed by atoms with Gasteiger partial charge in [-0.25, -0.2) is 13.9 Å². The van der Waals surface area contributed by atoms with Gasteiger partial charge in [-0.1, -0.05) is 41.9 Å². The molecule has 2 atom stereocenters. The van der Waals surface area contributed by atoms with Gasteiger partial charge in [-0.2, -0.15) is 0 Å². The summed E-state index contributed by atoms with van der Waals surface area (Å²) in [4.78, 5) is 35.6. The number of benzene rings is 2. The number of hydrogen-bond donors (Lipinski definition) is 2. The van der Waals surface area contributed by atoms with Crippen LogP contribution >= 0.6 is 11.6 Å². The van der Waals surface area contributed by atoms with E-state index in [2.05, 4.69) is 32.2 Å². The van der Waals surface area contributed by atoms with Crippen LogP contribution in [0.2, 0.25) is 5.02 Å². The number of nitrogens with one attached hydrogen (secondary N) is 1. The SMILES string of the molecule is C=CCn1nnnc1C(=O)NCCC(CCc1ccc(-c2cc(Cl)ccc2F)cc1)C[C@@H](O)C(=O)OCOC(C)=O. The maximum Gasteiger partial charge on any atom is 0.337 e. The standard InChI is InChI=1S/C28H31ClFN5O6/c1-3-14-35-26(32-33-34-35)27(38)31-13-12-20(15-25(37)28(39)41-17-40-18(2)36)5-4-19-6-8-21(9-7-19)23-16-22(29)10-11-24(23)30/h3,6-11,16,20,25,37H,1,4-5,12-15,17H2,2H3,(H,31,38)/t20?,25-/m1/s1. The molecule has 1 aromatic heterocycles. The van der Waals surface area contributed by atoms with Crippen molar-refractivity contribution in [3.05, 3.63) is 77.3 Å². The van der Waals surface area contributed by atoms with E-state index in [0.29, 0.717) is 35.4 Å². The summed E-state index contributed by atoms with van der Waals surface area (Å²) in [5.41, 5.74) is 2.03. The number of halogens is 2. The Morgan fingerprint density at radius 3 is 2.63 bits per heavy atom.